The van der Waals surface area contributed by atoms with Gasteiger partial charge in [0.1, 0.15) is 22.7 Å². The van der Waals surface area contributed by atoms with Crippen LogP contribution >= 0.6 is 11.8 Å². The second kappa shape index (κ2) is 7.32. The first-order chi connectivity index (χ1) is 13.2. The molecule has 1 heterocycles. The molecule has 6 heteroatoms. The Morgan fingerprint density at radius 3 is 2.67 bits per heavy atom. The molecule has 1 aromatic heterocycles. The number of carbonyl (C=O) groups is 1. The number of thioether (sulfide) groups is 1. The number of nitrogens with one attached hydrogen (secondary N) is 1. The highest BCUT2D eigenvalue weighted by Gasteiger charge is 2.14. The highest BCUT2D eigenvalue weighted by molar-refractivity contribution is 8.00. The van der Waals surface area contributed by atoms with Crippen molar-refractivity contribution in [3.63, 3.8) is 0 Å². The highest BCUT2D eigenvalue weighted by atomic mass is 32.2. The third-order valence-corrected chi connectivity index (χ3v) is 5.22. The summed E-state index contributed by atoms with van der Waals surface area (Å²) in [6.45, 7) is 0. The van der Waals surface area contributed by atoms with Crippen LogP contribution in [0.3, 0.4) is 0 Å². The largest absolute Gasteiger partial charge is 0.495 e. The number of anilines is 1. The van der Waals surface area contributed by atoms with Crippen LogP contribution in [0.25, 0.3) is 21.9 Å². The average molecular weight is 381 g/mol. The van der Waals surface area contributed by atoms with Crippen LogP contribution in [-0.2, 0) is 4.79 Å². The molecule has 4 rings (SSSR count). The monoisotopic (exact) mass is 381 g/mol. The van der Waals surface area contributed by atoms with Crippen molar-refractivity contribution in [2.75, 3.05) is 18.2 Å². The molecule has 0 saturated heterocycles. The second-order valence-electron chi connectivity index (χ2n) is 5.91. The highest BCUT2D eigenvalue weighted by Crippen LogP contribution is 2.36. The summed E-state index contributed by atoms with van der Waals surface area (Å²) >= 11 is 1.14. The second-order valence-corrected chi connectivity index (χ2v) is 6.93. The van der Waals surface area contributed by atoms with Crippen LogP contribution in [-0.4, -0.2) is 18.8 Å². The molecule has 0 saturated carbocycles. The smallest absolute Gasteiger partial charge is 0.234 e. The number of para-hydroxylation sites is 1. The van der Waals surface area contributed by atoms with Crippen LogP contribution in [0.1, 0.15) is 0 Å². The van der Waals surface area contributed by atoms with Crippen molar-refractivity contribution in [2.45, 2.75) is 4.90 Å². The van der Waals surface area contributed by atoms with E-state index < -0.39 is 0 Å². The SMILES string of the molecule is COc1cc2c(cc1NC(=O)CSc1ccccc1F)oc1ccccc12. The lowest BCUT2D eigenvalue weighted by atomic mass is 10.1. The standard InChI is InChI=1S/C21H16FNO3S/c1-25-19-10-14-13-6-2-4-8-17(13)26-18(14)11-16(19)23-21(24)12-27-20-9-5-3-7-15(20)22/h2-11H,12H2,1H3,(H,23,24). The van der Waals surface area contributed by atoms with Gasteiger partial charge >= 0.3 is 0 Å². The minimum absolute atomic E-state index is 0.0856. The molecule has 0 fully saturated rings. The Hall–Kier alpha value is -2.99. The number of amides is 1. The summed E-state index contributed by atoms with van der Waals surface area (Å²) in [4.78, 5) is 12.8. The van der Waals surface area contributed by atoms with Gasteiger partial charge in [-0.2, -0.15) is 0 Å². The molecule has 0 bridgehead atoms. The fourth-order valence-corrected chi connectivity index (χ4v) is 3.65. The normalized spacial score (nSPS) is 11.0. The predicted molar refractivity (Wildman–Crippen MR) is 106 cm³/mol. The topological polar surface area (TPSA) is 51.5 Å². The zero-order chi connectivity index (χ0) is 18.8. The van der Waals surface area contributed by atoms with Gasteiger partial charge in [-0.1, -0.05) is 30.3 Å². The van der Waals surface area contributed by atoms with Gasteiger partial charge in [-0.05, 0) is 24.3 Å². The van der Waals surface area contributed by atoms with E-state index in [0.717, 1.165) is 28.1 Å². The molecule has 0 aliphatic rings. The molecule has 0 radical (unpaired) electrons. The number of rotatable bonds is 5. The Kier molecular flexibility index (Phi) is 4.73. The van der Waals surface area contributed by atoms with Crippen molar-refractivity contribution >= 4 is 45.3 Å². The van der Waals surface area contributed by atoms with Gasteiger partial charge in [0.15, 0.2) is 0 Å². The van der Waals surface area contributed by atoms with Crippen molar-refractivity contribution < 1.29 is 18.3 Å². The van der Waals surface area contributed by atoms with E-state index in [-0.39, 0.29) is 17.5 Å². The molecule has 3 aromatic carbocycles. The molecule has 4 nitrogen and oxygen atoms in total. The molecule has 1 N–H and O–H groups in total. The van der Waals surface area contributed by atoms with Crippen molar-refractivity contribution in [2.24, 2.45) is 0 Å². The maximum absolute atomic E-state index is 13.7. The molecule has 0 aliphatic heterocycles. The molecule has 0 aliphatic carbocycles. The Labute approximate surface area is 159 Å². The van der Waals surface area contributed by atoms with Gasteiger partial charge in [0.2, 0.25) is 5.91 Å². The molecule has 0 unspecified atom stereocenters. The molecule has 136 valence electrons. The summed E-state index contributed by atoms with van der Waals surface area (Å²) in [7, 11) is 1.55. The summed E-state index contributed by atoms with van der Waals surface area (Å²) in [6.07, 6.45) is 0. The zero-order valence-electron chi connectivity index (χ0n) is 14.5. The fourth-order valence-electron chi connectivity index (χ4n) is 2.91. The molecule has 27 heavy (non-hydrogen) atoms. The van der Waals surface area contributed by atoms with Crippen LogP contribution in [0.5, 0.6) is 5.75 Å². The maximum atomic E-state index is 13.7. The van der Waals surface area contributed by atoms with Gasteiger partial charge in [-0.3, -0.25) is 4.79 Å². The summed E-state index contributed by atoms with van der Waals surface area (Å²) < 4.78 is 25.0. The van der Waals surface area contributed by atoms with E-state index in [0.29, 0.717) is 21.9 Å². The lowest BCUT2D eigenvalue weighted by molar-refractivity contribution is -0.113. The first-order valence-electron chi connectivity index (χ1n) is 8.32. The van der Waals surface area contributed by atoms with Crippen molar-refractivity contribution in [3.05, 3.63) is 66.5 Å². The lowest BCUT2D eigenvalue weighted by Gasteiger charge is -2.10. The number of ether oxygens (including phenoxy) is 1. The van der Waals surface area contributed by atoms with Gasteiger partial charge in [0.25, 0.3) is 0 Å². The van der Waals surface area contributed by atoms with Crippen LogP contribution in [0.15, 0.2) is 70.0 Å². The molecular weight excluding hydrogens is 365 g/mol. The zero-order valence-corrected chi connectivity index (χ0v) is 15.3. The predicted octanol–water partition coefficient (Wildman–Crippen LogP) is 5.46. The van der Waals surface area contributed by atoms with Crippen LogP contribution in [0, 0.1) is 5.82 Å². The maximum Gasteiger partial charge on any atom is 0.234 e. The van der Waals surface area contributed by atoms with E-state index in [9.17, 15) is 9.18 Å². The summed E-state index contributed by atoms with van der Waals surface area (Å²) in [6, 6.07) is 17.7. The molecule has 1 amide bonds. The number of hydrogen-bond acceptors (Lipinski definition) is 4. The van der Waals surface area contributed by atoms with Crippen LogP contribution < -0.4 is 10.1 Å². The number of halogens is 1. The Balaban J connectivity index is 1.58. The average Bonchev–Trinajstić information content (AvgIpc) is 3.04. The Morgan fingerprint density at radius 1 is 1.07 bits per heavy atom. The van der Waals surface area contributed by atoms with E-state index in [4.69, 9.17) is 9.15 Å². The fraction of sp³-hybridized carbons (Fsp3) is 0.0952. The van der Waals surface area contributed by atoms with Gasteiger partial charge < -0.3 is 14.5 Å². The van der Waals surface area contributed by atoms with E-state index in [2.05, 4.69) is 5.32 Å². The van der Waals surface area contributed by atoms with E-state index in [1.54, 1.807) is 31.4 Å². The molecule has 0 spiro atoms. The van der Waals surface area contributed by atoms with Crippen molar-refractivity contribution in [1.29, 1.82) is 0 Å². The number of hydrogen-bond donors (Lipinski definition) is 1. The number of methoxy groups -OCH3 is 1. The summed E-state index contributed by atoms with van der Waals surface area (Å²) in [5, 5.41) is 4.72. The molecule has 0 atom stereocenters. The number of benzene rings is 3. The lowest BCUT2D eigenvalue weighted by Crippen LogP contribution is -2.14. The number of carbonyl (C=O) groups excluding carboxylic acids is 1. The van der Waals surface area contributed by atoms with Gasteiger partial charge in [0.05, 0.1) is 18.6 Å². The first-order valence-corrected chi connectivity index (χ1v) is 9.31. The van der Waals surface area contributed by atoms with Crippen LogP contribution in [0.2, 0.25) is 0 Å². The minimum atomic E-state index is -0.337. The first kappa shape index (κ1) is 17.4. The third kappa shape index (κ3) is 3.48. The van der Waals surface area contributed by atoms with Gasteiger partial charge in [-0.15, -0.1) is 11.8 Å². The third-order valence-electron chi connectivity index (χ3n) is 4.17. The quantitative estimate of drug-likeness (QED) is 0.466. The number of fused-ring (bicyclic) bond motifs is 3. The van der Waals surface area contributed by atoms with Gasteiger partial charge in [0, 0.05) is 21.7 Å². The minimum Gasteiger partial charge on any atom is -0.495 e. The van der Waals surface area contributed by atoms with E-state index in [1.165, 1.54) is 6.07 Å². The van der Waals surface area contributed by atoms with Crippen molar-refractivity contribution in [3.8, 4) is 5.75 Å². The Morgan fingerprint density at radius 2 is 1.85 bits per heavy atom. The van der Waals surface area contributed by atoms with Gasteiger partial charge in [-0.25, -0.2) is 4.39 Å². The Bertz CT molecular complexity index is 1140. The van der Waals surface area contributed by atoms with E-state index >= 15 is 0 Å². The summed E-state index contributed by atoms with van der Waals surface area (Å²) in [5.41, 5.74) is 1.95. The summed E-state index contributed by atoms with van der Waals surface area (Å²) in [5.74, 6) is 0.0364. The van der Waals surface area contributed by atoms with E-state index in [1.807, 2.05) is 30.3 Å². The molecular formula is C21H16FNO3S. The van der Waals surface area contributed by atoms with Crippen LogP contribution in [0.4, 0.5) is 10.1 Å². The molecule has 4 aromatic rings. The number of furan rings is 1. The van der Waals surface area contributed by atoms with Crippen molar-refractivity contribution in [1.82, 2.24) is 0 Å².